The van der Waals surface area contributed by atoms with Gasteiger partial charge in [-0.1, -0.05) is 13.8 Å². The molecule has 0 spiro atoms. The SMILES string of the molecule is C[C@@H]1C[C@@H](C)CN(S(=O)(=O)c2ccc(NCC(=O)NC3CC3)c([N+](=O)[O-])c2)C1. The van der Waals surface area contributed by atoms with E-state index in [4.69, 9.17) is 0 Å². The van der Waals surface area contributed by atoms with Gasteiger partial charge < -0.3 is 10.6 Å². The van der Waals surface area contributed by atoms with Crippen LogP contribution < -0.4 is 10.6 Å². The number of carbonyl (C=O) groups excluding carboxylic acids is 1. The highest BCUT2D eigenvalue weighted by atomic mass is 32.2. The molecule has 2 atom stereocenters. The molecule has 1 heterocycles. The van der Waals surface area contributed by atoms with Crippen LogP contribution >= 0.6 is 0 Å². The second-order valence-electron chi connectivity index (χ2n) is 7.90. The average molecular weight is 410 g/mol. The number of piperidine rings is 1. The molecule has 1 saturated heterocycles. The van der Waals surface area contributed by atoms with E-state index in [9.17, 15) is 23.3 Å². The number of nitrogens with one attached hydrogen (secondary N) is 2. The van der Waals surface area contributed by atoms with E-state index in [0.717, 1.165) is 25.3 Å². The van der Waals surface area contributed by atoms with E-state index in [-0.39, 0.29) is 46.6 Å². The average Bonchev–Trinajstić information content (AvgIpc) is 3.42. The zero-order valence-corrected chi connectivity index (χ0v) is 16.9. The molecule has 2 fully saturated rings. The van der Waals surface area contributed by atoms with E-state index in [0.29, 0.717) is 13.1 Å². The van der Waals surface area contributed by atoms with Crippen LogP contribution in [-0.4, -0.2) is 49.2 Å². The van der Waals surface area contributed by atoms with Crippen molar-refractivity contribution in [2.24, 2.45) is 11.8 Å². The normalized spacial score (nSPS) is 23.2. The number of sulfonamides is 1. The first kappa shape index (κ1) is 20.5. The van der Waals surface area contributed by atoms with Gasteiger partial charge in [0.25, 0.3) is 5.69 Å². The Bertz CT molecular complexity index is 859. The molecule has 1 aromatic rings. The summed E-state index contributed by atoms with van der Waals surface area (Å²) in [5.74, 6) is 0.226. The number of rotatable bonds is 7. The zero-order chi connectivity index (χ0) is 20.5. The van der Waals surface area contributed by atoms with Gasteiger partial charge in [-0.05, 0) is 43.2 Å². The molecular weight excluding hydrogens is 384 g/mol. The number of nitrogens with zero attached hydrogens (tertiary/aromatic N) is 2. The van der Waals surface area contributed by atoms with Gasteiger partial charge in [-0.25, -0.2) is 8.42 Å². The zero-order valence-electron chi connectivity index (χ0n) is 16.1. The van der Waals surface area contributed by atoms with E-state index < -0.39 is 14.9 Å². The number of nitro groups is 1. The van der Waals surface area contributed by atoms with E-state index in [1.54, 1.807) is 0 Å². The minimum atomic E-state index is -3.82. The van der Waals surface area contributed by atoms with E-state index in [2.05, 4.69) is 10.6 Å². The van der Waals surface area contributed by atoms with Crippen molar-refractivity contribution >= 4 is 27.3 Å². The summed E-state index contributed by atoms with van der Waals surface area (Å²) >= 11 is 0. The van der Waals surface area contributed by atoms with Gasteiger partial charge in [0.15, 0.2) is 0 Å². The topological polar surface area (TPSA) is 122 Å². The molecule has 154 valence electrons. The maximum absolute atomic E-state index is 13.0. The molecular formula is C18H26N4O5S. The van der Waals surface area contributed by atoms with Crippen molar-refractivity contribution in [2.45, 2.75) is 44.0 Å². The molecule has 2 N–H and O–H groups in total. The maximum atomic E-state index is 13.0. The standard InChI is InChI=1S/C18H26N4O5S/c1-12-7-13(2)11-21(10-12)28(26,27)15-5-6-16(17(8-15)22(24)25)19-9-18(23)20-14-3-4-14/h5-6,8,12-14,19H,3-4,7,9-11H2,1-2H3,(H,20,23)/t12-,13-/m1/s1. The van der Waals surface area contributed by atoms with Crippen LogP contribution in [0.1, 0.15) is 33.1 Å². The quantitative estimate of drug-likeness (QED) is 0.523. The largest absolute Gasteiger partial charge is 0.371 e. The third-order valence-electron chi connectivity index (χ3n) is 5.02. The minimum absolute atomic E-state index is 0.103. The lowest BCUT2D eigenvalue weighted by molar-refractivity contribution is -0.384. The summed E-state index contributed by atoms with van der Waals surface area (Å²) < 4.78 is 27.4. The molecule has 10 heteroatoms. The Morgan fingerprint density at radius 3 is 2.46 bits per heavy atom. The first-order valence-corrected chi connectivity index (χ1v) is 10.9. The molecule has 1 aliphatic carbocycles. The second kappa shape index (κ2) is 8.04. The Kier molecular flexibility index (Phi) is 5.90. The molecule has 1 saturated carbocycles. The van der Waals surface area contributed by atoms with Crippen LogP contribution in [-0.2, 0) is 14.8 Å². The van der Waals surface area contributed by atoms with Crippen LogP contribution in [0.15, 0.2) is 23.1 Å². The van der Waals surface area contributed by atoms with Crippen LogP contribution in [0.3, 0.4) is 0 Å². The summed E-state index contributed by atoms with van der Waals surface area (Å²) in [5, 5.41) is 17.0. The van der Waals surface area contributed by atoms with Crippen LogP contribution in [0.2, 0.25) is 0 Å². The fourth-order valence-electron chi connectivity index (χ4n) is 3.61. The molecule has 28 heavy (non-hydrogen) atoms. The fraction of sp³-hybridized carbons (Fsp3) is 0.611. The molecule has 2 aliphatic rings. The molecule has 1 aromatic carbocycles. The third-order valence-corrected chi connectivity index (χ3v) is 6.85. The Balaban J connectivity index is 1.79. The molecule has 0 aromatic heterocycles. The minimum Gasteiger partial charge on any atom is -0.371 e. The van der Waals surface area contributed by atoms with Crippen LogP contribution in [0.4, 0.5) is 11.4 Å². The number of hydrogen-bond acceptors (Lipinski definition) is 6. The van der Waals surface area contributed by atoms with Crippen molar-refractivity contribution < 1.29 is 18.1 Å². The van der Waals surface area contributed by atoms with Crippen molar-refractivity contribution in [2.75, 3.05) is 25.0 Å². The molecule has 0 unspecified atom stereocenters. The molecule has 0 radical (unpaired) electrons. The summed E-state index contributed by atoms with van der Waals surface area (Å²) in [7, 11) is -3.82. The van der Waals surface area contributed by atoms with Gasteiger partial charge in [-0.15, -0.1) is 0 Å². The van der Waals surface area contributed by atoms with E-state index in [1.807, 2.05) is 13.8 Å². The van der Waals surface area contributed by atoms with Crippen molar-refractivity contribution in [3.05, 3.63) is 28.3 Å². The number of carbonyl (C=O) groups is 1. The highest BCUT2D eigenvalue weighted by molar-refractivity contribution is 7.89. The third kappa shape index (κ3) is 4.79. The van der Waals surface area contributed by atoms with Gasteiger partial charge in [-0.2, -0.15) is 4.31 Å². The van der Waals surface area contributed by atoms with E-state index >= 15 is 0 Å². The monoisotopic (exact) mass is 410 g/mol. The smallest absolute Gasteiger partial charge is 0.293 e. The number of nitro benzene ring substituents is 1. The van der Waals surface area contributed by atoms with Crippen LogP contribution in [0.25, 0.3) is 0 Å². The summed E-state index contributed by atoms with van der Waals surface area (Å²) in [5.41, 5.74) is -0.242. The summed E-state index contributed by atoms with van der Waals surface area (Å²) in [6.45, 7) is 4.70. The summed E-state index contributed by atoms with van der Waals surface area (Å²) in [6, 6.07) is 3.98. The fourth-order valence-corrected chi connectivity index (χ4v) is 5.31. The molecule has 1 aliphatic heterocycles. The number of anilines is 1. The van der Waals surface area contributed by atoms with Gasteiger partial charge in [0.1, 0.15) is 5.69 Å². The first-order valence-electron chi connectivity index (χ1n) is 9.48. The van der Waals surface area contributed by atoms with Crippen molar-refractivity contribution in [1.29, 1.82) is 0 Å². The Labute approximate surface area is 164 Å². The Hall–Kier alpha value is -2.20. The molecule has 3 rings (SSSR count). The number of hydrogen-bond donors (Lipinski definition) is 2. The van der Waals surface area contributed by atoms with E-state index in [1.165, 1.54) is 16.4 Å². The Morgan fingerprint density at radius 1 is 1.25 bits per heavy atom. The summed E-state index contributed by atoms with van der Waals surface area (Å²) in [6.07, 6.45) is 2.86. The number of amides is 1. The maximum Gasteiger partial charge on any atom is 0.293 e. The van der Waals surface area contributed by atoms with Crippen molar-refractivity contribution in [3.63, 3.8) is 0 Å². The predicted molar refractivity (Wildman–Crippen MR) is 104 cm³/mol. The Morgan fingerprint density at radius 2 is 1.89 bits per heavy atom. The molecule has 9 nitrogen and oxygen atoms in total. The second-order valence-corrected chi connectivity index (χ2v) is 9.84. The first-order chi connectivity index (χ1) is 13.2. The van der Waals surface area contributed by atoms with Gasteiger partial charge >= 0.3 is 0 Å². The molecule has 0 bridgehead atoms. The predicted octanol–water partition coefficient (Wildman–Crippen LogP) is 1.95. The van der Waals surface area contributed by atoms with Gasteiger partial charge in [0.2, 0.25) is 15.9 Å². The van der Waals surface area contributed by atoms with Gasteiger partial charge in [0.05, 0.1) is 16.4 Å². The lowest BCUT2D eigenvalue weighted by Gasteiger charge is -2.34. The van der Waals surface area contributed by atoms with Gasteiger partial charge in [0, 0.05) is 25.2 Å². The lowest BCUT2D eigenvalue weighted by Crippen LogP contribution is -2.42. The van der Waals surface area contributed by atoms with Crippen LogP contribution in [0, 0.1) is 22.0 Å². The highest BCUT2D eigenvalue weighted by Crippen LogP contribution is 2.31. The number of benzene rings is 1. The molecule has 1 amide bonds. The van der Waals surface area contributed by atoms with Crippen LogP contribution in [0.5, 0.6) is 0 Å². The lowest BCUT2D eigenvalue weighted by atomic mass is 9.94. The highest BCUT2D eigenvalue weighted by Gasteiger charge is 2.33. The van der Waals surface area contributed by atoms with Crippen molar-refractivity contribution in [3.8, 4) is 0 Å². The van der Waals surface area contributed by atoms with Gasteiger partial charge in [-0.3, -0.25) is 14.9 Å². The van der Waals surface area contributed by atoms with Crippen molar-refractivity contribution in [1.82, 2.24) is 9.62 Å². The summed E-state index contributed by atoms with van der Waals surface area (Å²) in [4.78, 5) is 22.5.